The molecule has 1 atom stereocenters. The Hall–Kier alpha value is -2.43. The van der Waals surface area contributed by atoms with Crippen LogP contribution in [0.3, 0.4) is 0 Å². The molecule has 10 nitrogen and oxygen atoms in total. The number of carbonyl (C=O) groups is 3. The molecule has 1 aliphatic heterocycles. The van der Waals surface area contributed by atoms with Gasteiger partial charge in [0.25, 0.3) is 6.47 Å². The van der Waals surface area contributed by atoms with E-state index in [9.17, 15) is 18.0 Å². The molecule has 1 aliphatic rings. The maximum atomic E-state index is 12.4. The van der Waals surface area contributed by atoms with E-state index >= 15 is 0 Å². The highest BCUT2D eigenvalue weighted by Gasteiger charge is 2.45. The molecule has 0 aromatic carbocycles. The van der Waals surface area contributed by atoms with Gasteiger partial charge < -0.3 is 15.3 Å². The van der Waals surface area contributed by atoms with Crippen molar-refractivity contribution in [3.8, 4) is 0 Å². The fraction of sp³-hybridized carbons (Fsp3) is 0.571. The van der Waals surface area contributed by atoms with Gasteiger partial charge in [-0.3, -0.25) is 19.1 Å². The zero-order chi connectivity index (χ0) is 19.1. The van der Waals surface area contributed by atoms with Gasteiger partial charge in [-0.15, -0.1) is 0 Å². The van der Waals surface area contributed by atoms with Gasteiger partial charge in [0.2, 0.25) is 11.8 Å². The van der Waals surface area contributed by atoms with Crippen LogP contribution in [0.15, 0.2) is 18.5 Å². The molecule has 2 rings (SSSR count). The van der Waals surface area contributed by atoms with Crippen molar-refractivity contribution in [2.75, 3.05) is 32.1 Å². The highest BCUT2D eigenvalue weighted by Crippen LogP contribution is 2.29. The van der Waals surface area contributed by atoms with Crippen LogP contribution >= 0.6 is 0 Å². The van der Waals surface area contributed by atoms with E-state index in [-0.39, 0.29) is 18.9 Å². The second-order valence-electron chi connectivity index (χ2n) is 5.66. The van der Waals surface area contributed by atoms with Gasteiger partial charge in [0.05, 0.1) is 6.54 Å². The second-order valence-corrected chi connectivity index (χ2v) is 7.80. The van der Waals surface area contributed by atoms with Crippen LogP contribution in [0.2, 0.25) is 0 Å². The maximum Gasteiger partial charge on any atom is 0.290 e. The van der Waals surface area contributed by atoms with E-state index < -0.39 is 27.0 Å². The molecule has 0 aliphatic carbocycles. The highest BCUT2D eigenvalue weighted by atomic mass is 32.2. The van der Waals surface area contributed by atoms with Gasteiger partial charge in [-0.25, -0.2) is 8.42 Å². The third kappa shape index (κ3) is 5.28. The zero-order valence-electron chi connectivity index (χ0n) is 14.1. The van der Waals surface area contributed by atoms with Crippen molar-refractivity contribution < 1.29 is 27.9 Å². The lowest BCUT2D eigenvalue weighted by molar-refractivity contribution is -0.139. The number of aromatic nitrogens is 2. The van der Waals surface area contributed by atoms with Crippen LogP contribution in [0, 0.1) is 0 Å². The summed E-state index contributed by atoms with van der Waals surface area (Å²) in [6, 6.07) is 1.71. The Balaban J connectivity index is 0.000000970. The summed E-state index contributed by atoms with van der Waals surface area (Å²) in [5.74, 6) is -1.27. The van der Waals surface area contributed by atoms with E-state index in [2.05, 4.69) is 10.4 Å². The highest BCUT2D eigenvalue weighted by molar-refractivity contribution is 7.91. The molecule has 0 saturated carbocycles. The third-order valence-corrected chi connectivity index (χ3v) is 4.57. The Bertz CT molecular complexity index is 703. The molecule has 0 radical (unpaired) electrons. The van der Waals surface area contributed by atoms with Crippen LogP contribution in [0.5, 0.6) is 0 Å². The summed E-state index contributed by atoms with van der Waals surface area (Å²) in [6.07, 6.45) is 5.41. The number of hydrogen-bond acceptors (Lipinski definition) is 6. The average Bonchev–Trinajstić information content (AvgIpc) is 3.08. The van der Waals surface area contributed by atoms with Crippen LogP contribution in [0.25, 0.3) is 0 Å². The number of carbonyl (C=O) groups excluding carboxylic acids is 2. The number of nitrogens with one attached hydrogen (secondary N) is 1. The van der Waals surface area contributed by atoms with Crippen molar-refractivity contribution in [3.05, 3.63) is 18.5 Å². The molecule has 2 N–H and O–H groups in total. The topological polar surface area (TPSA) is 139 Å². The number of rotatable bonds is 4. The summed E-state index contributed by atoms with van der Waals surface area (Å²) in [5, 5.41) is 13.7. The van der Waals surface area contributed by atoms with E-state index in [4.69, 9.17) is 9.90 Å². The molecule has 140 valence electrons. The number of piperidine rings is 1. The average molecular weight is 374 g/mol. The van der Waals surface area contributed by atoms with Gasteiger partial charge in [-0.1, -0.05) is 0 Å². The summed E-state index contributed by atoms with van der Waals surface area (Å²) >= 11 is 0. The minimum absolute atomic E-state index is 0.114. The summed E-state index contributed by atoms with van der Waals surface area (Å²) in [7, 11) is -1.87. The molecule has 11 heteroatoms. The number of hydrogen-bond donors (Lipinski definition) is 2. The standard InChI is InChI=1S/C13H20N4O4S.CH2O2/c1-14-12(19)13(17-8-4-6-15-17)5-3-7-16(10-13)11(18)9-22(2,20)21;2-1-3/h4,6,8H,3,5,7,9-10H2,1-2H3,(H,14,19);1H,(H,2,3). The number of amides is 2. The van der Waals surface area contributed by atoms with Crippen molar-refractivity contribution in [3.63, 3.8) is 0 Å². The van der Waals surface area contributed by atoms with E-state index in [0.29, 0.717) is 19.4 Å². The molecule has 0 bridgehead atoms. The smallest absolute Gasteiger partial charge is 0.290 e. The number of likely N-dealkylation sites (N-methyl/N-ethyl adjacent to an activating group) is 1. The minimum Gasteiger partial charge on any atom is -0.483 e. The molecule has 1 saturated heterocycles. The molecule has 1 fully saturated rings. The number of sulfone groups is 1. The van der Waals surface area contributed by atoms with E-state index in [1.807, 2.05) is 0 Å². The quantitative estimate of drug-likeness (QED) is 0.624. The molecule has 1 aromatic heterocycles. The Morgan fingerprint density at radius 2 is 2.08 bits per heavy atom. The van der Waals surface area contributed by atoms with Crippen LogP contribution in [-0.2, 0) is 29.8 Å². The van der Waals surface area contributed by atoms with Gasteiger partial charge in [0, 0.05) is 32.2 Å². The summed E-state index contributed by atoms with van der Waals surface area (Å²) in [4.78, 5) is 34.4. The van der Waals surface area contributed by atoms with Gasteiger partial charge in [-0.05, 0) is 18.9 Å². The van der Waals surface area contributed by atoms with Crippen molar-refractivity contribution in [2.45, 2.75) is 18.4 Å². The first-order chi connectivity index (χ1) is 11.7. The van der Waals surface area contributed by atoms with Crippen molar-refractivity contribution in [1.29, 1.82) is 0 Å². The monoisotopic (exact) mass is 374 g/mol. The lowest BCUT2D eigenvalue weighted by Gasteiger charge is -2.41. The largest absolute Gasteiger partial charge is 0.483 e. The summed E-state index contributed by atoms with van der Waals surface area (Å²) < 4.78 is 24.2. The van der Waals surface area contributed by atoms with Crippen LogP contribution in [0.4, 0.5) is 0 Å². The summed E-state index contributed by atoms with van der Waals surface area (Å²) in [6.45, 7) is 0.303. The van der Waals surface area contributed by atoms with Crippen LogP contribution < -0.4 is 5.32 Å². The van der Waals surface area contributed by atoms with Gasteiger partial charge in [-0.2, -0.15) is 5.10 Å². The van der Waals surface area contributed by atoms with Gasteiger partial charge in [0.1, 0.15) is 5.75 Å². The number of nitrogens with zero attached hydrogens (tertiary/aromatic N) is 3. The number of carboxylic acid groups (broad SMARTS) is 1. The molecule has 1 unspecified atom stereocenters. The molecular weight excluding hydrogens is 352 g/mol. The van der Waals surface area contributed by atoms with Crippen molar-refractivity contribution in [2.24, 2.45) is 0 Å². The Kier molecular flexibility index (Phi) is 7.09. The van der Waals surface area contributed by atoms with Crippen LogP contribution in [-0.4, -0.2) is 78.6 Å². The molecule has 2 heterocycles. The molecule has 25 heavy (non-hydrogen) atoms. The van der Waals surface area contributed by atoms with Gasteiger partial charge >= 0.3 is 0 Å². The fourth-order valence-corrected chi connectivity index (χ4v) is 3.43. The van der Waals surface area contributed by atoms with Crippen LogP contribution in [0.1, 0.15) is 12.8 Å². The lowest BCUT2D eigenvalue weighted by Crippen LogP contribution is -2.59. The first kappa shape index (κ1) is 20.6. The molecule has 2 amide bonds. The molecule has 0 spiro atoms. The SMILES string of the molecule is CNC(=O)C1(n2cccn2)CCCN(C(=O)CS(C)(=O)=O)C1.O=CO. The minimum atomic E-state index is -3.40. The van der Waals surface area contributed by atoms with E-state index in [0.717, 1.165) is 6.26 Å². The number of likely N-dealkylation sites (tertiary alicyclic amines) is 1. The predicted octanol–water partition coefficient (Wildman–Crippen LogP) is -1.31. The Labute approximate surface area is 145 Å². The van der Waals surface area contributed by atoms with E-state index in [1.54, 1.807) is 23.1 Å². The lowest BCUT2D eigenvalue weighted by atomic mass is 9.88. The predicted molar refractivity (Wildman–Crippen MR) is 88.5 cm³/mol. The maximum absolute atomic E-state index is 12.4. The summed E-state index contributed by atoms with van der Waals surface area (Å²) in [5.41, 5.74) is -0.996. The van der Waals surface area contributed by atoms with E-state index in [1.165, 1.54) is 11.9 Å². The van der Waals surface area contributed by atoms with Crippen molar-refractivity contribution >= 4 is 28.1 Å². The third-order valence-electron chi connectivity index (χ3n) is 3.80. The first-order valence-electron chi connectivity index (χ1n) is 7.46. The Morgan fingerprint density at radius 3 is 2.56 bits per heavy atom. The van der Waals surface area contributed by atoms with Crippen molar-refractivity contribution in [1.82, 2.24) is 20.0 Å². The Morgan fingerprint density at radius 1 is 1.44 bits per heavy atom. The molecule has 1 aromatic rings. The second kappa shape index (κ2) is 8.60. The first-order valence-corrected chi connectivity index (χ1v) is 9.52. The fourth-order valence-electron chi connectivity index (χ4n) is 2.80. The van der Waals surface area contributed by atoms with Gasteiger partial charge in [0.15, 0.2) is 15.4 Å². The normalized spacial score (nSPS) is 20.2. The molecular formula is C14H22N4O6S. The zero-order valence-corrected chi connectivity index (χ0v) is 14.9.